The van der Waals surface area contributed by atoms with Crippen molar-refractivity contribution < 1.29 is 14.3 Å². The van der Waals surface area contributed by atoms with Gasteiger partial charge in [0.15, 0.2) is 6.29 Å². The van der Waals surface area contributed by atoms with Crippen molar-refractivity contribution in [3.05, 3.63) is 34.9 Å². The van der Waals surface area contributed by atoms with Crippen molar-refractivity contribution in [1.29, 1.82) is 0 Å². The fraction of sp³-hybridized carbons (Fsp3) is 0.611. The molecule has 4 rings (SSSR count). The fourth-order valence-corrected chi connectivity index (χ4v) is 4.19. The molecule has 0 aromatic heterocycles. The topological polar surface area (TPSA) is 38.8 Å². The van der Waals surface area contributed by atoms with Gasteiger partial charge in [-0.15, -0.1) is 0 Å². The number of piperidine rings is 1. The zero-order valence-electron chi connectivity index (χ0n) is 13.1. The summed E-state index contributed by atoms with van der Waals surface area (Å²) in [6.07, 6.45) is 3.84. The Bertz CT molecular complexity index is 587. The first-order valence-electron chi connectivity index (χ1n) is 8.54. The van der Waals surface area contributed by atoms with Crippen molar-refractivity contribution in [2.75, 3.05) is 19.8 Å². The Balaban J connectivity index is 1.47. The van der Waals surface area contributed by atoms with E-state index in [0.717, 1.165) is 42.8 Å². The second kappa shape index (κ2) is 6.42. The highest BCUT2D eigenvalue weighted by Gasteiger charge is 2.49. The third-order valence-corrected chi connectivity index (χ3v) is 5.55. The number of carbonyl (C=O) groups is 1. The first-order chi connectivity index (χ1) is 11.3. The summed E-state index contributed by atoms with van der Waals surface area (Å²) in [5.74, 6) is 0.583. The molecule has 3 fully saturated rings. The molecule has 23 heavy (non-hydrogen) atoms. The molecule has 0 spiro atoms. The minimum absolute atomic E-state index is 0.0666. The van der Waals surface area contributed by atoms with Gasteiger partial charge in [0.1, 0.15) is 0 Å². The Morgan fingerprint density at radius 3 is 2.74 bits per heavy atom. The molecular weight excluding hydrogens is 314 g/mol. The first-order valence-corrected chi connectivity index (χ1v) is 8.91. The van der Waals surface area contributed by atoms with Crippen LogP contribution in [0.15, 0.2) is 24.3 Å². The molecule has 2 aliphatic heterocycles. The van der Waals surface area contributed by atoms with Crippen LogP contribution in [0.1, 0.15) is 37.2 Å². The lowest BCUT2D eigenvalue weighted by atomic mass is 10.00. The van der Waals surface area contributed by atoms with Crippen LogP contribution in [-0.4, -0.2) is 42.9 Å². The molecule has 2 saturated heterocycles. The summed E-state index contributed by atoms with van der Waals surface area (Å²) in [7, 11) is 0. The third-order valence-electron chi connectivity index (χ3n) is 5.21. The molecule has 3 atom stereocenters. The smallest absolute Gasteiger partial charge is 0.226 e. The molecule has 3 unspecified atom stereocenters. The number of hydrogen-bond acceptors (Lipinski definition) is 3. The highest BCUT2D eigenvalue weighted by Crippen LogP contribution is 2.51. The Morgan fingerprint density at radius 2 is 1.96 bits per heavy atom. The number of rotatable bonds is 3. The molecule has 1 amide bonds. The van der Waals surface area contributed by atoms with Gasteiger partial charge in [-0.1, -0.05) is 29.8 Å². The predicted molar refractivity (Wildman–Crippen MR) is 87.3 cm³/mol. The zero-order valence-corrected chi connectivity index (χ0v) is 13.9. The van der Waals surface area contributed by atoms with E-state index in [1.807, 2.05) is 29.2 Å². The molecule has 4 nitrogen and oxygen atoms in total. The van der Waals surface area contributed by atoms with E-state index in [4.69, 9.17) is 21.1 Å². The predicted octanol–water partition coefficient (Wildman–Crippen LogP) is 3.20. The molecule has 3 aliphatic rings. The van der Waals surface area contributed by atoms with Gasteiger partial charge in [-0.05, 0) is 43.2 Å². The monoisotopic (exact) mass is 335 g/mol. The quantitative estimate of drug-likeness (QED) is 0.851. The van der Waals surface area contributed by atoms with Crippen LogP contribution >= 0.6 is 11.6 Å². The van der Waals surface area contributed by atoms with Crippen LogP contribution in [0.5, 0.6) is 0 Å². The lowest BCUT2D eigenvalue weighted by Crippen LogP contribution is -2.50. The standard InChI is InChI=1S/C18H22ClNO3/c19-15-6-2-1-5-12(15)13-11-14(13)17(21)20-8-4-3-7-16(20)18-22-9-10-23-18/h1-2,5-6,13-14,16,18H,3-4,7-11H2. The Labute approximate surface area is 141 Å². The van der Waals surface area contributed by atoms with Gasteiger partial charge in [0.25, 0.3) is 0 Å². The van der Waals surface area contributed by atoms with E-state index in [1.54, 1.807) is 0 Å². The molecule has 1 aromatic carbocycles. The average Bonchev–Trinajstić information content (AvgIpc) is 3.18. The molecule has 1 aromatic rings. The second-order valence-corrected chi connectivity index (χ2v) is 7.08. The number of hydrogen-bond donors (Lipinski definition) is 0. The van der Waals surface area contributed by atoms with Gasteiger partial charge in [0.05, 0.1) is 19.3 Å². The summed E-state index contributed by atoms with van der Waals surface area (Å²) in [6.45, 7) is 2.09. The van der Waals surface area contributed by atoms with Crippen LogP contribution in [-0.2, 0) is 14.3 Å². The van der Waals surface area contributed by atoms with Crippen molar-refractivity contribution in [3.8, 4) is 0 Å². The molecular formula is C18H22ClNO3. The zero-order chi connectivity index (χ0) is 15.8. The average molecular weight is 336 g/mol. The van der Waals surface area contributed by atoms with Crippen molar-refractivity contribution in [2.45, 2.75) is 43.9 Å². The summed E-state index contributed by atoms with van der Waals surface area (Å²) in [5.41, 5.74) is 1.11. The largest absolute Gasteiger partial charge is 0.348 e. The minimum Gasteiger partial charge on any atom is -0.348 e. The number of benzene rings is 1. The van der Waals surface area contributed by atoms with E-state index in [-0.39, 0.29) is 30.1 Å². The van der Waals surface area contributed by atoms with Crippen LogP contribution in [0.25, 0.3) is 0 Å². The molecule has 0 bridgehead atoms. The van der Waals surface area contributed by atoms with Crippen molar-refractivity contribution in [2.24, 2.45) is 5.92 Å². The summed E-state index contributed by atoms with van der Waals surface area (Å²) < 4.78 is 11.3. The molecule has 1 aliphatic carbocycles. The maximum atomic E-state index is 13.0. The van der Waals surface area contributed by atoms with Crippen molar-refractivity contribution >= 4 is 17.5 Å². The molecule has 5 heteroatoms. The summed E-state index contributed by atoms with van der Waals surface area (Å²) >= 11 is 6.28. The third kappa shape index (κ3) is 3.00. The van der Waals surface area contributed by atoms with E-state index >= 15 is 0 Å². The van der Waals surface area contributed by atoms with Gasteiger partial charge >= 0.3 is 0 Å². The molecule has 0 radical (unpaired) electrons. The van der Waals surface area contributed by atoms with Gasteiger partial charge in [-0.25, -0.2) is 0 Å². The van der Waals surface area contributed by atoms with E-state index in [0.29, 0.717) is 13.2 Å². The maximum Gasteiger partial charge on any atom is 0.226 e. The number of likely N-dealkylation sites (tertiary alicyclic amines) is 1. The van der Waals surface area contributed by atoms with Gasteiger partial charge in [0, 0.05) is 17.5 Å². The van der Waals surface area contributed by atoms with Crippen LogP contribution < -0.4 is 0 Å². The molecule has 124 valence electrons. The summed E-state index contributed by atoms with van der Waals surface area (Å²) in [6, 6.07) is 7.94. The summed E-state index contributed by atoms with van der Waals surface area (Å²) in [5, 5.41) is 0.769. The Hall–Kier alpha value is -1.10. The van der Waals surface area contributed by atoms with E-state index < -0.39 is 0 Å². The van der Waals surface area contributed by atoms with Gasteiger partial charge in [0.2, 0.25) is 5.91 Å². The molecule has 2 heterocycles. The number of nitrogens with zero attached hydrogens (tertiary/aromatic N) is 1. The van der Waals surface area contributed by atoms with Crippen LogP contribution in [0.2, 0.25) is 5.02 Å². The van der Waals surface area contributed by atoms with E-state index in [1.165, 1.54) is 0 Å². The Morgan fingerprint density at radius 1 is 1.17 bits per heavy atom. The van der Waals surface area contributed by atoms with E-state index in [9.17, 15) is 4.79 Å². The first kappa shape index (κ1) is 15.4. The molecule has 1 saturated carbocycles. The second-order valence-electron chi connectivity index (χ2n) is 6.67. The normalized spacial score (nSPS) is 31.3. The highest BCUT2D eigenvalue weighted by atomic mass is 35.5. The van der Waals surface area contributed by atoms with Gasteiger partial charge in [-0.2, -0.15) is 0 Å². The SMILES string of the molecule is O=C(C1CC1c1ccccc1Cl)N1CCCCC1C1OCCO1. The Kier molecular flexibility index (Phi) is 4.31. The summed E-state index contributed by atoms with van der Waals surface area (Å²) in [4.78, 5) is 15.0. The lowest BCUT2D eigenvalue weighted by molar-refractivity contribution is -0.151. The lowest BCUT2D eigenvalue weighted by Gasteiger charge is -2.38. The number of amides is 1. The van der Waals surface area contributed by atoms with Gasteiger partial charge in [-0.3, -0.25) is 4.79 Å². The van der Waals surface area contributed by atoms with Crippen LogP contribution in [0, 0.1) is 5.92 Å². The van der Waals surface area contributed by atoms with E-state index in [2.05, 4.69) is 0 Å². The molecule has 0 N–H and O–H groups in total. The van der Waals surface area contributed by atoms with Crippen molar-refractivity contribution in [3.63, 3.8) is 0 Å². The van der Waals surface area contributed by atoms with Crippen molar-refractivity contribution in [1.82, 2.24) is 4.90 Å². The van der Waals surface area contributed by atoms with Crippen LogP contribution in [0.4, 0.5) is 0 Å². The maximum absolute atomic E-state index is 13.0. The number of ether oxygens (including phenoxy) is 2. The fourth-order valence-electron chi connectivity index (χ4n) is 3.91. The number of halogens is 1. The highest BCUT2D eigenvalue weighted by molar-refractivity contribution is 6.31. The van der Waals surface area contributed by atoms with Gasteiger partial charge < -0.3 is 14.4 Å². The van der Waals surface area contributed by atoms with Crippen LogP contribution in [0.3, 0.4) is 0 Å². The minimum atomic E-state index is -0.239. The number of carbonyl (C=O) groups excluding carboxylic acids is 1.